The number of aromatic nitrogens is 1. The van der Waals surface area contributed by atoms with Gasteiger partial charge in [-0.3, -0.25) is 14.7 Å². The maximum atomic E-state index is 14.9. The van der Waals surface area contributed by atoms with Crippen LogP contribution in [0.2, 0.25) is 0 Å². The van der Waals surface area contributed by atoms with Gasteiger partial charge in [-0.05, 0) is 24.5 Å². The molecule has 0 saturated carbocycles. The van der Waals surface area contributed by atoms with E-state index in [1.807, 2.05) is 13.8 Å². The zero-order chi connectivity index (χ0) is 18.5. The molecule has 4 unspecified atom stereocenters. The Morgan fingerprint density at radius 2 is 2.00 bits per heavy atom. The predicted molar refractivity (Wildman–Crippen MR) is 83.8 cm³/mol. The summed E-state index contributed by atoms with van der Waals surface area (Å²) in [6.45, 7) is 5.07. The first-order valence-electron chi connectivity index (χ1n) is 8.21. The Kier molecular flexibility index (Phi) is 4.47. The van der Waals surface area contributed by atoms with Crippen LogP contribution >= 0.6 is 0 Å². The zero-order valence-electron chi connectivity index (χ0n) is 14.2. The highest BCUT2D eigenvalue weighted by Crippen LogP contribution is 2.42. The fourth-order valence-electron chi connectivity index (χ4n) is 3.44. The van der Waals surface area contributed by atoms with Crippen molar-refractivity contribution in [2.45, 2.75) is 52.0 Å². The minimum Gasteiger partial charge on any atom is -0.313 e. The molecule has 0 aliphatic carbocycles. The molecule has 1 fully saturated rings. The van der Waals surface area contributed by atoms with Crippen molar-refractivity contribution in [3.05, 3.63) is 29.1 Å². The number of aryl methyl sites for hydroxylation is 1. The van der Waals surface area contributed by atoms with E-state index in [-0.39, 0.29) is 40.8 Å². The zero-order valence-corrected chi connectivity index (χ0v) is 14.2. The Bertz CT molecular complexity index is 712. The topological polar surface area (TPSA) is 53.5 Å². The smallest absolute Gasteiger partial charge is 0.313 e. The molecule has 0 spiro atoms. The Hall–Kier alpha value is -2.12. The number of hydrogen-bond acceptors (Lipinski definition) is 3. The van der Waals surface area contributed by atoms with Gasteiger partial charge in [-0.1, -0.05) is 13.8 Å². The summed E-state index contributed by atoms with van der Waals surface area (Å²) >= 11 is 0. The first-order valence-corrected chi connectivity index (χ1v) is 8.21. The number of fused-ring (bicyclic) bond motifs is 1. The largest absolute Gasteiger partial charge is 0.325 e. The third kappa shape index (κ3) is 2.87. The highest BCUT2D eigenvalue weighted by atomic mass is 19.2. The van der Waals surface area contributed by atoms with Gasteiger partial charge in [0, 0.05) is 24.2 Å². The molecule has 0 bridgehead atoms. The van der Waals surface area contributed by atoms with Crippen LogP contribution in [0.3, 0.4) is 0 Å². The van der Waals surface area contributed by atoms with Crippen molar-refractivity contribution in [1.82, 2.24) is 14.8 Å². The molecule has 0 radical (unpaired) electrons. The average Bonchev–Trinajstić information content (AvgIpc) is 2.95. The maximum absolute atomic E-state index is 14.9. The molecule has 25 heavy (non-hydrogen) atoms. The summed E-state index contributed by atoms with van der Waals surface area (Å²) in [6.07, 6.45) is -5.41. The van der Waals surface area contributed by atoms with Crippen molar-refractivity contribution in [2.75, 3.05) is 6.54 Å². The van der Waals surface area contributed by atoms with Gasteiger partial charge < -0.3 is 4.90 Å². The molecule has 8 heteroatoms. The van der Waals surface area contributed by atoms with Crippen LogP contribution in [-0.4, -0.2) is 45.5 Å². The van der Waals surface area contributed by atoms with Crippen LogP contribution < -0.4 is 0 Å². The maximum Gasteiger partial charge on any atom is 0.325 e. The summed E-state index contributed by atoms with van der Waals surface area (Å²) in [5.74, 6) is -0.238. The van der Waals surface area contributed by atoms with E-state index >= 15 is 0 Å². The summed E-state index contributed by atoms with van der Waals surface area (Å²) in [7, 11) is 0. The summed E-state index contributed by atoms with van der Waals surface area (Å²) in [5.41, 5.74) is 0.101. The van der Waals surface area contributed by atoms with E-state index in [9.17, 15) is 22.8 Å². The van der Waals surface area contributed by atoms with Crippen LogP contribution in [0.5, 0.6) is 0 Å². The van der Waals surface area contributed by atoms with Gasteiger partial charge in [0.05, 0.1) is 12.2 Å². The van der Waals surface area contributed by atoms with Gasteiger partial charge in [0.2, 0.25) is 12.6 Å². The van der Waals surface area contributed by atoms with E-state index in [4.69, 9.17) is 0 Å². The Morgan fingerprint density at radius 3 is 2.64 bits per heavy atom. The molecule has 3 rings (SSSR count). The van der Waals surface area contributed by atoms with Crippen LogP contribution in [0.1, 0.15) is 49.6 Å². The Labute approximate surface area is 143 Å². The highest BCUT2D eigenvalue weighted by Gasteiger charge is 2.49. The van der Waals surface area contributed by atoms with E-state index < -0.39 is 30.8 Å². The van der Waals surface area contributed by atoms with E-state index in [1.165, 1.54) is 12.3 Å². The number of carbonyl (C=O) groups excluding carboxylic acids is 2. The molecule has 2 aliphatic heterocycles. The van der Waals surface area contributed by atoms with Crippen LogP contribution in [0, 0.1) is 12.8 Å². The first-order chi connectivity index (χ1) is 11.7. The fraction of sp³-hybridized carbons (Fsp3) is 0.588. The number of hydrogen-bond donors (Lipinski definition) is 0. The molecular formula is C17H20F3N3O2. The minimum absolute atomic E-state index is 0.0614. The van der Waals surface area contributed by atoms with Gasteiger partial charge in [-0.15, -0.1) is 0 Å². The van der Waals surface area contributed by atoms with Gasteiger partial charge in [0.1, 0.15) is 0 Å². The number of alkyl halides is 3. The van der Waals surface area contributed by atoms with Gasteiger partial charge >= 0.3 is 6.03 Å². The van der Waals surface area contributed by atoms with E-state index in [0.29, 0.717) is 5.56 Å². The number of amides is 2. The second-order valence-electron chi connectivity index (χ2n) is 6.97. The van der Waals surface area contributed by atoms with E-state index in [1.54, 1.807) is 6.92 Å². The lowest BCUT2D eigenvalue weighted by Crippen LogP contribution is -2.53. The number of halogens is 3. The molecule has 1 saturated heterocycles. The molecule has 4 atom stereocenters. The second kappa shape index (κ2) is 6.31. The molecular weight excluding hydrogens is 335 g/mol. The normalized spacial score (nSPS) is 29.3. The number of Topliss-reactive ketones (excluding diaryl/α,β-unsaturated/α-hetero) is 1. The third-order valence-corrected chi connectivity index (χ3v) is 4.78. The molecule has 1 aromatic heterocycles. The lowest BCUT2D eigenvalue weighted by atomic mass is 10.00. The standard InChI is InChI=1S/C17H20F3N3O2/c1-8(2)12-5-10(24)7-22(12)17(25)23-15(19)11-4-9(3)6-21-14(11)13(18)16(23)20/h4,6,8,12-13,15-16H,5,7H2,1-3H3. The number of likely N-dealkylation sites (tertiary alicyclic amines) is 1. The summed E-state index contributed by atoms with van der Waals surface area (Å²) in [4.78, 5) is 29.7. The molecule has 1 aromatic rings. The van der Waals surface area contributed by atoms with Gasteiger partial charge in [-0.25, -0.2) is 18.0 Å². The molecule has 0 N–H and O–H groups in total. The lowest BCUT2D eigenvalue weighted by Gasteiger charge is -2.40. The van der Waals surface area contributed by atoms with E-state index in [0.717, 1.165) is 4.90 Å². The van der Waals surface area contributed by atoms with Crippen LogP contribution in [0.15, 0.2) is 12.3 Å². The SMILES string of the molecule is Cc1cnc2c(c1)C(F)N(C(=O)N1CC(=O)CC1C(C)C)C(F)C2F. The average molecular weight is 355 g/mol. The second-order valence-corrected chi connectivity index (χ2v) is 6.97. The van der Waals surface area contributed by atoms with Crippen molar-refractivity contribution in [2.24, 2.45) is 5.92 Å². The van der Waals surface area contributed by atoms with Crippen LogP contribution in [-0.2, 0) is 4.79 Å². The lowest BCUT2D eigenvalue weighted by molar-refractivity contribution is -0.117. The monoisotopic (exact) mass is 355 g/mol. The number of urea groups is 1. The fourth-order valence-corrected chi connectivity index (χ4v) is 3.44. The summed E-state index contributed by atoms with van der Waals surface area (Å²) in [5, 5.41) is 0. The number of nitrogens with zero attached hydrogens (tertiary/aromatic N) is 3. The summed E-state index contributed by atoms with van der Waals surface area (Å²) < 4.78 is 43.9. The third-order valence-electron chi connectivity index (χ3n) is 4.78. The quantitative estimate of drug-likeness (QED) is 0.726. The van der Waals surface area contributed by atoms with Crippen molar-refractivity contribution in [3.8, 4) is 0 Å². The van der Waals surface area contributed by atoms with Crippen molar-refractivity contribution in [1.29, 1.82) is 0 Å². The Balaban J connectivity index is 1.96. The predicted octanol–water partition coefficient (Wildman–Crippen LogP) is 3.40. The molecule has 3 heterocycles. The van der Waals surface area contributed by atoms with Gasteiger partial charge in [0.25, 0.3) is 0 Å². The molecule has 0 aromatic carbocycles. The number of pyridine rings is 1. The summed E-state index contributed by atoms with van der Waals surface area (Å²) in [6, 6.07) is -0.0882. The van der Waals surface area contributed by atoms with Crippen LogP contribution in [0.4, 0.5) is 18.0 Å². The number of ketones is 1. The van der Waals surface area contributed by atoms with Gasteiger partial charge in [-0.2, -0.15) is 0 Å². The number of carbonyl (C=O) groups is 2. The van der Waals surface area contributed by atoms with Gasteiger partial charge in [0.15, 0.2) is 12.0 Å². The van der Waals surface area contributed by atoms with Crippen molar-refractivity contribution in [3.63, 3.8) is 0 Å². The van der Waals surface area contributed by atoms with Crippen molar-refractivity contribution >= 4 is 11.8 Å². The molecule has 2 amide bonds. The minimum atomic E-state index is -2.49. The number of rotatable bonds is 1. The van der Waals surface area contributed by atoms with E-state index in [2.05, 4.69) is 4.98 Å². The molecule has 2 aliphatic rings. The van der Waals surface area contributed by atoms with Crippen LogP contribution in [0.25, 0.3) is 0 Å². The van der Waals surface area contributed by atoms with Crippen molar-refractivity contribution < 1.29 is 22.8 Å². The first kappa shape index (κ1) is 17.7. The molecule has 5 nitrogen and oxygen atoms in total. The highest BCUT2D eigenvalue weighted by molar-refractivity contribution is 5.90. The Morgan fingerprint density at radius 1 is 1.32 bits per heavy atom. The molecule has 136 valence electrons.